The molecule has 0 spiro atoms. The van der Waals surface area contributed by atoms with Gasteiger partial charge in [-0.05, 0) is 12.1 Å². The fraction of sp³-hybridized carbons (Fsp3) is 0. The number of hydrogen-bond donors (Lipinski definition) is 2. The van der Waals surface area contributed by atoms with Crippen LogP contribution in [0.15, 0.2) is 24.3 Å². The van der Waals surface area contributed by atoms with Gasteiger partial charge in [0.25, 0.3) is 0 Å². The van der Waals surface area contributed by atoms with Crippen LogP contribution < -0.4 is 5.32 Å². The first-order valence-electron chi connectivity index (χ1n) is 2.83. The molecule has 1 aromatic rings. The highest BCUT2D eigenvalue weighted by Crippen LogP contribution is 2.20. The van der Waals surface area contributed by atoms with Crippen molar-refractivity contribution in [2.24, 2.45) is 0 Å². The predicted molar refractivity (Wildman–Crippen MR) is 45.4 cm³/mol. The molecule has 0 aliphatic carbocycles. The van der Waals surface area contributed by atoms with Crippen LogP contribution in [-0.2, 0) is 0 Å². The molecule has 0 radical (unpaired) electrons. The normalized spacial score (nSPS) is 8.80. The number of phenols is 1. The Balaban J connectivity index is 2.91. The van der Waals surface area contributed by atoms with E-state index in [1.54, 1.807) is 18.2 Å². The second kappa shape index (κ2) is 3.17. The van der Waals surface area contributed by atoms with Crippen LogP contribution in [0.3, 0.4) is 0 Å². The summed E-state index contributed by atoms with van der Waals surface area (Å²) in [7, 11) is 0. The minimum atomic E-state index is 0.212. The second-order valence-corrected chi connectivity index (χ2v) is 2.02. The van der Waals surface area contributed by atoms with E-state index in [0.29, 0.717) is 5.69 Å². The zero-order valence-corrected chi connectivity index (χ0v) is 6.06. The maximum atomic E-state index is 9.11. The van der Waals surface area contributed by atoms with Crippen LogP contribution in [0.1, 0.15) is 0 Å². The van der Waals surface area contributed by atoms with Crippen LogP contribution in [0.25, 0.3) is 0 Å². The molecule has 0 bridgehead atoms. The van der Waals surface area contributed by atoms with E-state index in [1.165, 1.54) is 5.49 Å². The summed E-state index contributed by atoms with van der Waals surface area (Å²) in [4.78, 5) is 0. The van der Waals surface area contributed by atoms with Crippen molar-refractivity contribution in [3.8, 4) is 5.75 Å². The molecule has 1 rings (SSSR count). The number of para-hydroxylation sites is 2. The van der Waals surface area contributed by atoms with Gasteiger partial charge in [0, 0.05) is 0 Å². The van der Waals surface area contributed by atoms with Crippen molar-refractivity contribution in [2.45, 2.75) is 0 Å². The van der Waals surface area contributed by atoms with E-state index in [0.717, 1.165) is 0 Å². The molecular weight excluding hydrogens is 146 g/mol. The summed E-state index contributed by atoms with van der Waals surface area (Å²) in [6.45, 7) is 0. The van der Waals surface area contributed by atoms with Gasteiger partial charge in [0.1, 0.15) is 5.75 Å². The van der Waals surface area contributed by atoms with Gasteiger partial charge < -0.3 is 10.4 Å². The molecular formula is C7H7NOS. The molecule has 0 saturated heterocycles. The molecule has 0 aliphatic heterocycles. The lowest BCUT2D eigenvalue weighted by molar-refractivity contribution is 0.478. The third-order valence-electron chi connectivity index (χ3n) is 1.12. The van der Waals surface area contributed by atoms with Gasteiger partial charge >= 0.3 is 0 Å². The summed E-state index contributed by atoms with van der Waals surface area (Å²) < 4.78 is 0. The van der Waals surface area contributed by atoms with Gasteiger partial charge in [0.2, 0.25) is 0 Å². The molecule has 0 heterocycles. The number of rotatable bonds is 2. The van der Waals surface area contributed by atoms with Crippen molar-refractivity contribution in [3.05, 3.63) is 24.3 Å². The van der Waals surface area contributed by atoms with Crippen LogP contribution in [0.4, 0.5) is 5.69 Å². The molecule has 1 aromatic carbocycles. The van der Waals surface area contributed by atoms with Gasteiger partial charge in [-0.25, -0.2) is 0 Å². The summed E-state index contributed by atoms with van der Waals surface area (Å²) in [5, 5.41) is 11.8. The Morgan fingerprint density at radius 3 is 2.70 bits per heavy atom. The summed E-state index contributed by atoms with van der Waals surface area (Å²) in [5.41, 5.74) is 1.99. The van der Waals surface area contributed by atoms with Gasteiger partial charge in [0.15, 0.2) is 0 Å². The molecule has 0 aliphatic rings. The Bertz CT molecular complexity index is 237. The molecule has 0 aromatic heterocycles. The Morgan fingerprint density at radius 1 is 1.40 bits per heavy atom. The first kappa shape index (κ1) is 7.02. The van der Waals surface area contributed by atoms with Crippen LogP contribution in [-0.4, -0.2) is 10.6 Å². The SMILES string of the molecule is Oc1ccccc1NC=S. The van der Waals surface area contributed by atoms with Crippen LogP contribution in [0.2, 0.25) is 0 Å². The minimum absolute atomic E-state index is 0.212. The number of thiocarbonyl (C=S) groups is 1. The van der Waals surface area contributed by atoms with E-state index < -0.39 is 0 Å². The van der Waals surface area contributed by atoms with Gasteiger partial charge in [-0.3, -0.25) is 0 Å². The van der Waals surface area contributed by atoms with Crippen molar-refractivity contribution in [1.29, 1.82) is 0 Å². The number of benzene rings is 1. The van der Waals surface area contributed by atoms with E-state index in [2.05, 4.69) is 17.5 Å². The van der Waals surface area contributed by atoms with Crippen molar-refractivity contribution >= 4 is 23.4 Å². The fourth-order valence-corrected chi connectivity index (χ4v) is 0.786. The van der Waals surface area contributed by atoms with E-state index in [4.69, 9.17) is 5.11 Å². The van der Waals surface area contributed by atoms with Gasteiger partial charge in [-0.1, -0.05) is 24.4 Å². The lowest BCUT2D eigenvalue weighted by atomic mass is 10.3. The quantitative estimate of drug-likeness (QED) is 0.501. The Hall–Kier alpha value is -1.09. The number of hydrogen-bond acceptors (Lipinski definition) is 2. The van der Waals surface area contributed by atoms with Crippen LogP contribution >= 0.6 is 12.2 Å². The molecule has 0 atom stereocenters. The fourth-order valence-electron chi connectivity index (χ4n) is 0.659. The summed E-state index contributed by atoms with van der Waals surface area (Å²) in [5.74, 6) is 0.212. The van der Waals surface area contributed by atoms with Crippen molar-refractivity contribution in [3.63, 3.8) is 0 Å². The molecule has 2 N–H and O–H groups in total. The second-order valence-electron chi connectivity index (χ2n) is 1.78. The van der Waals surface area contributed by atoms with Gasteiger partial charge in [-0.2, -0.15) is 0 Å². The first-order chi connectivity index (χ1) is 4.84. The molecule has 0 unspecified atom stereocenters. The number of anilines is 1. The summed E-state index contributed by atoms with van der Waals surface area (Å²) in [6.07, 6.45) is 0. The molecule has 0 fully saturated rings. The lowest BCUT2D eigenvalue weighted by Crippen LogP contribution is -1.90. The minimum Gasteiger partial charge on any atom is -0.506 e. The van der Waals surface area contributed by atoms with E-state index >= 15 is 0 Å². The zero-order chi connectivity index (χ0) is 7.40. The van der Waals surface area contributed by atoms with Crippen molar-refractivity contribution in [1.82, 2.24) is 0 Å². The third-order valence-corrected chi connectivity index (χ3v) is 1.24. The van der Waals surface area contributed by atoms with Gasteiger partial charge in [0.05, 0.1) is 11.2 Å². The van der Waals surface area contributed by atoms with Gasteiger partial charge in [-0.15, -0.1) is 0 Å². The van der Waals surface area contributed by atoms with E-state index in [-0.39, 0.29) is 5.75 Å². The monoisotopic (exact) mass is 153 g/mol. The molecule has 10 heavy (non-hydrogen) atoms. The predicted octanol–water partition coefficient (Wildman–Crippen LogP) is 1.76. The summed E-state index contributed by atoms with van der Waals surface area (Å²) >= 11 is 4.55. The molecule has 0 amide bonds. The smallest absolute Gasteiger partial charge is 0.139 e. The van der Waals surface area contributed by atoms with E-state index in [9.17, 15) is 0 Å². The maximum absolute atomic E-state index is 9.11. The topological polar surface area (TPSA) is 32.3 Å². The molecule has 0 saturated carbocycles. The molecule has 2 nitrogen and oxygen atoms in total. The zero-order valence-electron chi connectivity index (χ0n) is 5.24. The van der Waals surface area contributed by atoms with Crippen molar-refractivity contribution < 1.29 is 5.11 Å². The standard InChI is InChI=1S/C7H7NOS/c9-7-4-2-1-3-6(7)8-5-10/h1-5,9H,(H,8,10). The Labute approximate surface area is 64.5 Å². The van der Waals surface area contributed by atoms with Crippen LogP contribution in [0.5, 0.6) is 5.75 Å². The lowest BCUT2D eigenvalue weighted by Gasteiger charge is -2.00. The number of nitrogens with one attached hydrogen (secondary N) is 1. The number of phenolic OH excluding ortho intramolecular Hbond substituents is 1. The average Bonchev–Trinajstić information content (AvgIpc) is 1.94. The Kier molecular flexibility index (Phi) is 2.23. The molecule has 3 heteroatoms. The largest absolute Gasteiger partial charge is 0.506 e. The Morgan fingerprint density at radius 2 is 2.10 bits per heavy atom. The average molecular weight is 153 g/mol. The highest BCUT2D eigenvalue weighted by Gasteiger charge is 1.93. The first-order valence-corrected chi connectivity index (χ1v) is 3.30. The van der Waals surface area contributed by atoms with E-state index in [1.807, 2.05) is 6.07 Å². The van der Waals surface area contributed by atoms with Crippen LogP contribution in [0, 0.1) is 0 Å². The third kappa shape index (κ3) is 1.45. The summed E-state index contributed by atoms with van der Waals surface area (Å²) in [6, 6.07) is 6.92. The maximum Gasteiger partial charge on any atom is 0.139 e. The highest BCUT2D eigenvalue weighted by atomic mass is 32.1. The highest BCUT2D eigenvalue weighted by molar-refractivity contribution is 7.79. The number of aromatic hydroxyl groups is 1. The molecule has 52 valence electrons. The van der Waals surface area contributed by atoms with Crippen molar-refractivity contribution in [2.75, 3.05) is 5.32 Å².